The van der Waals surface area contributed by atoms with Gasteiger partial charge in [0.1, 0.15) is 0 Å². The molecule has 0 radical (unpaired) electrons. The van der Waals surface area contributed by atoms with Crippen LogP contribution in [-0.4, -0.2) is 17.5 Å². The van der Waals surface area contributed by atoms with Crippen LogP contribution in [0.15, 0.2) is 24.3 Å². The molecule has 1 amide bonds. The lowest BCUT2D eigenvalue weighted by Gasteiger charge is -2.57. The fraction of sp³-hybridized carbons (Fsp3) is 0.667. The molecule has 4 saturated carbocycles. The van der Waals surface area contributed by atoms with E-state index in [0.29, 0.717) is 0 Å². The van der Waals surface area contributed by atoms with Crippen molar-refractivity contribution in [1.29, 1.82) is 0 Å². The van der Waals surface area contributed by atoms with Crippen molar-refractivity contribution in [2.45, 2.75) is 70.0 Å². The third-order valence-corrected chi connectivity index (χ3v) is 6.94. The second-order valence-corrected chi connectivity index (χ2v) is 9.29. The minimum absolute atomic E-state index is 0.0886. The van der Waals surface area contributed by atoms with Crippen LogP contribution in [0.3, 0.4) is 0 Å². The minimum Gasteiger partial charge on any atom is -0.349 e. The number of carbonyl (C=O) groups excluding carboxylic acids is 1. The van der Waals surface area contributed by atoms with Crippen molar-refractivity contribution >= 4 is 17.5 Å². The molecule has 4 fully saturated rings. The first kappa shape index (κ1) is 17.4. The molecule has 0 saturated heterocycles. The van der Waals surface area contributed by atoms with E-state index in [-0.39, 0.29) is 23.5 Å². The van der Waals surface area contributed by atoms with E-state index < -0.39 is 0 Å². The lowest BCUT2D eigenvalue weighted by atomic mass is 9.53. The van der Waals surface area contributed by atoms with Gasteiger partial charge >= 0.3 is 0 Å². The zero-order valence-electron chi connectivity index (χ0n) is 15.2. The van der Waals surface area contributed by atoms with E-state index in [0.717, 1.165) is 28.3 Å². The smallest absolute Gasteiger partial charge is 0.237 e. The van der Waals surface area contributed by atoms with Crippen molar-refractivity contribution in [2.24, 2.45) is 17.8 Å². The molecule has 136 valence electrons. The SMILES string of the molecule is C[C@@H](N[C@H](C)c1ccc(Cl)cc1)C(=O)NC12CC3CC(CC(C3)C1)C2. The monoisotopic (exact) mass is 360 g/mol. The van der Waals surface area contributed by atoms with Crippen LogP contribution in [0.25, 0.3) is 0 Å². The summed E-state index contributed by atoms with van der Waals surface area (Å²) in [5.41, 5.74) is 1.24. The molecular weight excluding hydrogens is 332 g/mol. The number of carbonyl (C=O) groups is 1. The highest BCUT2D eigenvalue weighted by molar-refractivity contribution is 6.30. The van der Waals surface area contributed by atoms with E-state index >= 15 is 0 Å². The minimum atomic E-state index is -0.196. The Balaban J connectivity index is 1.37. The topological polar surface area (TPSA) is 41.1 Å². The molecule has 3 nitrogen and oxygen atoms in total. The fourth-order valence-corrected chi connectivity index (χ4v) is 6.06. The summed E-state index contributed by atoms with van der Waals surface area (Å²) in [6, 6.07) is 7.76. The van der Waals surface area contributed by atoms with E-state index in [9.17, 15) is 4.79 Å². The average Bonchev–Trinajstić information content (AvgIpc) is 2.53. The lowest BCUT2D eigenvalue weighted by molar-refractivity contribution is -0.128. The van der Waals surface area contributed by atoms with Crippen LogP contribution >= 0.6 is 11.6 Å². The first-order valence-electron chi connectivity index (χ1n) is 9.76. The van der Waals surface area contributed by atoms with E-state index in [1.807, 2.05) is 31.2 Å². The van der Waals surface area contributed by atoms with Gasteiger partial charge in [-0.15, -0.1) is 0 Å². The molecule has 4 aliphatic carbocycles. The number of nitrogens with one attached hydrogen (secondary N) is 2. The summed E-state index contributed by atoms with van der Waals surface area (Å²) >= 11 is 5.96. The molecule has 0 aliphatic heterocycles. The number of hydrogen-bond donors (Lipinski definition) is 2. The highest BCUT2D eigenvalue weighted by Crippen LogP contribution is 2.55. The first-order valence-corrected chi connectivity index (χ1v) is 10.1. The third kappa shape index (κ3) is 3.59. The summed E-state index contributed by atoms with van der Waals surface area (Å²) in [6.07, 6.45) is 7.79. The highest BCUT2D eigenvalue weighted by Gasteiger charge is 2.51. The Bertz CT molecular complexity index is 607. The van der Waals surface area contributed by atoms with Crippen molar-refractivity contribution in [3.8, 4) is 0 Å². The molecule has 1 aromatic rings. The highest BCUT2D eigenvalue weighted by atomic mass is 35.5. The average molecular weight is 361 g/mol. The summed E-state index contributed by atoms with van der Waals surface area (Å²) in [5, 5.41) is 7.65. The maximum absolute atomic E-state index is 12.9. The van der Waals surface area contributed by atoms with Gasteiger partial charge in [-0.2, -0.15) is 0 Å². The van der Waals surface area contributed by atoms with E-state index in [4.69, 9.17) is 11.6 Å². The van der Waals surface area contributed by atoms with Gasteiger partial charge < -0.3 is 5.32 Å². The molecule has 0 heterocycles. The standard InChI is InChI=1S/C21H29ClN2O/c1-13(18-3-5-19(22)6-4-18)23-14(2)20(25)24-21-10-15-7-16(11-21)9-17(8-15)12-21/h3-6,13-17,23H,7-12H2,1-2H3,(H,24,25)/t13-,14-,15?,16?,17?,21?/m1/s1. The molecule has 4 bridgehead atoms. The van der Waals surface area contributed by atoms with Gasteiger partial charge in [-0.25, -0.2) is 0 Å². The number of halogens is 1. The molecule has 5 rings (SSSR count). The molecule has 2 atom stereocenters. The summed E-state index contributed by atoms with van der Waals surface area (Å²) in [4.78, 5) is 12.9. The normalized spacial score (nSPS) is 35.4. The van der Waals surface area contributed by atoms with Gasteiger partial charge in [-0.05, 0) is 87.8 Å². The number of benzene rings is 1. The number of rotatable bonds is 5. The Labute approximate surface area is 155 Å². The van der Waals surface area contributed by atoms with Crippen molar-refractivity contribution in [3.05, 3.63) is 34.9 Å². The first-order chi connectivity index (χ1) is 11.9. The molecule has 4 aliphatic rings. The van der Waals surface area contributed by atoms with Crippen LogP contribution in [0.2, 0.25) is 5.02 Å². The summed E-state index contributed by atoms with van der Waals surface area (Å²) in [5.74, 6) is 2.70. The molecule has 2 N–H and O–H groups in total. The molecule has 0 spiro atoms. The van der Waals surface area contributed by atoms with Gasteiger partial charge in [0.2, 0.25) is 5.91 Å². The quantitative estimate of drug-likeness (QED) is 0.813. The molecule has 0 aromatic heterocycles. The van der Waals surface area contributed by atoms with E-state index in [2.05, 4.69) is 17.6 Å². The Morgan fingerprint density at radius 1 is 1.04 bits per heavy atom. The van der Waals surface area contributed by atoms with Crippen molar-refractivity contribution < 1.29 is 4.79 Å². The second kappa shape index (κ2) is 6.59. The molecular formula is C21H29ClN2O. The lowest BCUT2D eigenvalue weighted by Crippen LogP contribution is -2.62. The summed E-state index contributed by atoms with van der Waals surface area (Å²) in [6.45, 7) is 4.07. The maximum atomic E-state index is 12.9. The van der Waals surface area contributed by atoms with Gasteiger partial charge in [0, 0.05) is 16.6 Å². The van der Waals surface area contributed by atoms with Crippen LogP contribution in [0.4, 0.5) is 0 Å². The van der Waals surface area contributed by atoms with Crippen LogP contribution in [0.1, 0.15) is 64.0 Å². The summed E-state index contributed by atoms with van der Waals surface area (Å²) in [7, 11) is 0. The Morgan fingerprint density at radius 3 is 2.08 bits per heavy atom. The van der Waals surface area contributed by atoms with Gasteiger partial charge in [-0.1, -0.05) is 23.7 Å². The Morgan fingerprint density at radius 2 is 1.56 bits per heavy atom. The van der Waals surface area contributed by atoms with Crippen LogP contribution in [0, 0.1) is 17.8 Å². The largest absolute Gasteiger partial charge is 0.349 e. The van der Waals surface area contributed by atoms with Crippen molar-refractivity contribution in [3.63, 3.8) is 0 Å². The van der Waals surface area contributed by atoms with Gasteiger partial charge in [0.25, 0.3) is 0 Å². The Kier molecular flexibility index (Phi) is 4.57. The van der Waals surface area contributed by atoms with E-state index in [1.54, 1.807) is 0 Å². The van der Waals surface area contributed by atoms with Crippen LogP contribution < -0.4 is 10.6 Å². The van der Waals surface area contributed by atoms with Gasteiger partial charge in [0.05, 0.1) is 6.04 Å². The second-order valence-electron chi connectivity index (χ2n) is 8.85. The maximum Gasteiger partial charge on any atom is 0.237 e. The van der Waals surface area contributed by atoms with Crippen LogP contribution in [0.5, 0.6) is 0 Å². The molecule has 1 aromatic carbocycles. The summed E-state index contributed by atoms with van der Waals surface area (Å²) < 4.78 is 0. The number of amides is 1. The van der Waals surface area contributed by atoms with Gasteiger partial charge in [0.15, 0.2) is 0 Å². The predicted molar refractivity (Wildman–Crippen MR) is 102 cm³/mol. The fourth-order valence-electron chi connectivity index (χ4n) is 5.93. The Hall–Kier alpha value is -1.06. The van der Waals surface area contributed by atoms with Crippen molar-refractivity contribution in [1.82, 2.24) is 10.6 Å². The number of hydrogen-bond acceptors (Lipinski definition) is 2. The van der Waals surface area contributed by atoms with Crippen molar-refractivity contribution in [2.75, 3.05) is 0 Å². The molecule has 25 heavy (non-hydrogen) atoms. The molecule has 0 unspecified atom stereocenters. The zero-order valence-corrected chi connectivity index (χ0v) is 16.0. The zero-order chi connectivity index (χ0) is 17.6. The predicted octanol–water partition coefficient (Wildman–Crippen LogP) is 4.46. The third-order valence-electron chi connectivity index (χ3n) is 6.69. The van der Waals surface area contributed by atoms with Crippen LogP contribution in [-0.2, 0) is 4.79 Å². The van der Waals surface area contributed by atoms with Gasteiger partial charge in [-0.3, -0.25) is 10.1 Å². The van der Waals surface area contributed by atoms with E-state index in [1.165, 1.54) is 38.5 Å². The molecule has 4 heteroatoms.